The van der Waals surface area contributed by atoms with Crippen molar-refractivity contribution in [2.24, 2.45) is 0 Å². The Bertz CT molecular complexity index is 336. The highest BCUT2D eigenvalue weighted by molar-refractivity contribution is 5.31. The van der Waals surface area contributed by atoms with E-state index >= 15 is 0 Å². The van der Waals surface area contributed by atoms with Gasteiger partial charge in [0.1, 0.15) is 23.2 Å². The summed E-state index contributed by atoms with van der Waals surface area (Å²) in [6.07, 6.45) is 0.328. The van der Waals surface area contributed by atoms with E-state index in [-0.39, 0.29) is 5.60 Å². The average Bonchev–Trinajstić information content (AvgIpc) is 2.11. The zero-order chi connectivity index (χ0) is 11.6. The zero-order valence-electron chi connectivity index (χ0n) is 10.1. The third-order valence-corrected chi connectivity index (χ3v) is 2.29. The minimum absolute atomic E-state index is 0.153. The van der Waals surface area contributed by atoms with Crippen LogP contribution in [0.2, 0.25) is 0 Å². The van der Waals surface area contributed by atoms with E-state index in [0.29, 0.717) is 6.10 Å². The molecule has 0 aliphatic carbocycles. The Hall–Kier alpha value is -1.22. The Kier molecular flexibility index (Phi) is 3.06. The van der Waals surface area contributed by atoms with Crippen LogP contribution in [-0.4, -0.2) is 24.8 Å². The molecule has 88 valence electrons. The summed E-state index contributed by atoms with van der Waals surface area (Å²) in [5.41, 5.74) is -0.153. The molecule has 0 aromatic heterocycles. The fourth-order valence-electron chi connectivity index (χ4n) is 1.48. The molecular formula is C13H19NO2. The number of hydrogen-bond acceptors (Lipinski definition) is 3. The van der Waals surface area contributed by atoms with Gasteiger partial charge in [0, 0.05) is 13.1 Å². The van der Waals surface area contributed by atoms with Crippen LogP contribution in [0.5, 0.6) is 11.5 Å². The second kappa shape index (κ2) is 4.34. The average molecular weight is 221 g/mol. The molecule has 0 amide bonds. The normalized spacial score (nSPS) is 16.7. The van der Waals surface area contributed by atoms with E-state index < -0.39 is 0 Å². The molecule has 3 nitrogen and oxygen atoms in total. The van der Waals surface area contributed by atoms with Crippen molar-refractivity contribution in [1.29, 1.82) is 0 Å². The lowest BCUT2D eigenvalue weighted by atomic mass is 10.2. The molecular weight excluding hydrogens is 202 g/mol. The first-order valence-electron chi connectivity index (χ1n) is 5.69. The van der Waals surface area contributed by atoms with E-state index in [1.165, 1.54) is 0 Å². The van der Waals surface area contributed by atoms with Crippen molar-refractivity contribution in [3.05, 3.63) is 24.3 Å². The second-order valence-corrected chi connectivity index (χ2v) is 5.08. The van der Waals surface area contributed by atoms with E-state index in [4.69, 9.17) is 9.47 Å². The fraction of sp³-hybridized carbons (Fsp3) is 0.538. The molecule has 0 saturated carbocycles. The van der Waals surface area contributed by atoms with Gasteiger partial charge in [-0.3, -0.25) is 0 Å². The monoisotopic (exact) mass is 221 g/mol. The lowest BCUT2D eigenvalue weighted by molar-refractivity contribution is 0.129. The maximum absolute atomic E-state index is 5.73. The maximum atomic E-state index is 5.73. The van der Waals surface area contributed by atoms with Gasteiger partial charge in [0.25, 0.3) is 0 Å². The SMILES string of the molecule is CC(C)(C)Oc1ccc(OC2CNC2)cc1. The van der Waals surface area contributed by atoms with Crippen LogP contribution in [0.25, 0.3) is 0 Å². The summed E-state index contributed by atoms with van der Waals surface area (Å²) in [5.74, 6) is 1.79. The summed E-state index contributed by atoms with van der Waals surface area (Å²) in [4.78, 5) is 0. The predicted molar refractivity (Wildman–Crippen MR) is 64.1 cm³/mol. The van der Waals surface area contributed by atoms with Crippen LogP contribution in [-0.2, 0) is 0 Å². The highest BCUT2D eigenvalue weighted by Crippen LogP contribution is 2.22. The molecule has 1 aromatic carbocycles. The Balaban J connectivity index is 1.93. The Morgan fingerprint density at radius 2 is 1.62 bits per heavy atom. The van der Waals surface area contributed by atoms with Gasteiger partial charge in [-0.15, -0.1) is 0 Å². The first kappa shape index (κ1) is 11.3. The van der Waals surface area contributed by atoms with Crippen molar-refractivity contribution in [1.82, 2.24) is 5.32 Å². The Labute approximate surface area is 96.8 Å². The number of rotatable bonds is 3. The van der Waals surface area contributed by atoms with Gasteiger partial charge in [-0.1, -0.05) is 0 Å². The van der Waals surface area contributed by atoms with E-state index in [1.807, 2.05) is 45.0 Å². The van der Waals surface area contributed by atoms with Gasteiger partial charge in [-0.2, -0.15) is 0 Å². The van der Waals surface area contributed by atoms with Gasteiger partial charge in [0.05, 0.1) is 0 Å². The molecule has 2 rings (SSSR count). The van der Waals surface area contributed by atoms with Gasteiger partial charge in [-0.05, 0) is 45.0 Å². The third kappa shape index (κ3) is 3.14. The van der Waals surface area contributed by atoms with Crippen LogP contribution in [0.15, 0.2) is 24.3 Å². The third-order valence-electron chi connectivity index (χ3n) is 2.29. The summed E-state index contributed by atoms with van der Waals surface area (Å²) in [5, 5.41) is 3.17. The summed E-state index contributed by atoms with van der Waals surface area (Å²) in [6, 6.07) is 7.82. The molecule has 1 N–H and O–H groups in total. The van der Waals surface area contributed by atoms with Crippen molar-refractivity contribution in [2.45, 2.75) is 32.5 Å². The molecule has 1 aliphatic heterocycles. The minimum atomic E-state index is -0.153. The Morgan fingerprint density at radius 1 is 1.06 bits per heavy atom. The minimum Gasteiger partial charge on any atom is -0.488 e. The van der Waals surface area contributed by atoms with Gasteiger partial charge >= 0.3 is 0 Å². The molecule has 3 heteroatoms. The van der Waals surface area contributed by atoms with Crippen molar-refractivity contribution in [2.75, 3.05) is 13.1 Å². The van der Waals surface area contributed by atoms with Crippen LogP contribution in [0.1, 0.15) is 20.8 Å². The molecule has 0 atom stereocenters. The van der Waals surface area contributed by atoms with E-state index in [9.17, 15) is 0 Å². The lowest BCUT2D eigenvalue weighted by Crippen LogP contribution is -2.50. The standard InChI is InChI=1S/C13H19NO2/c1-13(2,3)16-11-6-4-10(5-7-11)15-12-8-14-9-12/h4-7,12,14H,8-9H2,1-3H3. The van der Waals surface area contributed by atoms with E-state index in [1.54, 1.807) is 0 Å². The second-order valence-electron chi connectivity index (χ2n) is 5.08. The van der Waals surface area contributed by atoms with Gasteiger partial charge in [-0.25, -0.2) is 0 Å². The molecule has 1 aromatic rings. The molecule has 16 heavy (non-hydrogen) atoms. The smallest absolute Gasteiger partial charge is 0.123 e. The highest BCUT2D eigenvalue weighted by atomic mass is 16.5. The zero-order valence-corrected chi connectivity index (χ0v) is 10.1. The fourth-order valence-corrected chi connectivity index (χ4v) is 1.48. The summed E-state index contributed by atoms with van der Waals surface area (Å²) < 4.78 is 11.5. The number of ether oxygens (including phenoxy) is 2. The lowest BCUT2D eigenvalue weighted by Gasteiger charge is -2.28. The summed E-state index contributed by atoms with van der Waals surface area (Å²) >= 11 is 0. The van der Waals surface area contributed by atoms with Gasteiger partial charge in [0.15, 0.2) is 0 Å². The highest BCUT2D eigenvalue weighted by Gasteiger charge is 2.18. The molecule has 1 heterocycles. The summed E-state index contributed by atoms with van der Waals surface area (Å²) in [6.45, 7) is 8.01. The number of nitrogens with one attached hydrogen (secondary N) is 1. The van der Waals surface area contributed by atoms with E-state index in [0.717, 1.165) is 24.6 Å². The Morgan fingerprint density at radius 3 is 2.06 bits per heavy atom. The predicted octanol–water partition coefficient (Wildman–Crippen LogP) is 2.21. The molecule has 1 fully saturated rings. The molecule has 0 bridgehead atoms. The van der Waals surface area contributed by atoms with Crippen molar-refractivity contribution in [3.8, 4) is 11.5 Å². The van der Waals surface area contributed by atoms with Crippen LogP contribution >= 0.6 is 0 Å². The molecule has 0 unspecified atom stereocenters. The van der Waals surface area contributed by atoms with Crippen LogP contribution < -0.4 is 14.8 Å². The first-order chi connectivity index (χ1) is 7.53. The summed E-state index contributed by atoms with van der Waals surface area (Å²) in [7, 11) is 0. The first-order valence-corrected chi connectivity index (χ1v) is 5.69. The van der Waals surface area contributed by atoms with Crippen LogP contribution in [0.3, 0.4) is 0 Å². The van der Waals surface area contributed by atoms with Crippen LogP contribution in [0.4, 0.5) is 0 Å². The molecule has 0 radical (unpaired) electrons. The van der Waals surface area contributed by atoms with Gasteiger partial charge < -0.3 is 14.8 Å². The molecule has 1 saturated heterocycles. The largest absolute Gasteiger partial charge is 0.488 e. The van der Waals surface area contributed by atoms with Crippen molar-refractivity contribution < 1.29 is 9.47 Å². The maximum Gasteiger partial charge on any atom is 0.123 e. The number of benzene rings is 1. The molecule has 0 spiro atoms. The number of hydrogen-bond donors (Lipinski definition) is 1. The quantitative estimate of drug-likeness (QED) is 0.849. The topological polar surface area (TPSA) is 30.5 Å². The van der Waals surface area contributed by atoms with Crippen LogP contribution in [0, 0.1) is 0 Å². The van der Waals surface area contributed by atoms with Crippen molar-refractivity contribution >= 4 is 0 Å². The van der Waals surface area contributed by atoms with Crippen molar-refractivity contribution in [3.63, 3.8) is 0 Å². The molecule has 1 aliphatic rings. The van der Waals surface area contributed by atoms with E-state index in [2.05, 4.69) is 5.32 Å². The van der Waals surface area contributed by atoms with Gasteiger partial charge in [0.2, 0.25) is 0 Å².